The summed E-state index contributed by atoms with van der Waals surface area (Å²) in [5, 5.41) is 7.26. The number of carbonyl (C=O) groups is 2. The highest BCUT2D eigenvalue weighted by atomic mass is 16.2. The zero-order chi connectivity index (χ0) is 13.0. The lowest BCUT2D eigenvalue weighted by atomic mass is 10.1. The molecule has 2 N–H and O–H groups in total. The average Bonchev–Trinajstić information content (AvgIpc) is 2.37. The Morgan fingerprint density at radius 3 is 2.56 bits per heavy atom. The van der Waals surface area contributed by atoms with Crippen LogP contribution in [0.5, 0.6) is 0 Å². The van der Waals surface area contributed by atoms with E-state index in [0.717, 1.165) is 16.5 Å². The number of carbonyl (C=O) groups excluding carboxylic acids is 2. The van der Waals surface area contributed by atoms with E-state index in [-0.39, 0.29) is 18.4 Å². The summed E-state index contributed by atoms with van der Waals surface area (Å²) in [5.74, 6) is -0.0805. The van der Waals surface area contributed by atoms with Gasteiger partial charge in [-0.25, -0.2) is 4.79 Å². The highest BCUT2D eigenvalue weighted by Crippen LogP contribution is 2.22. The van der Waals surface area contributed by atoms with Gasteiger partial charge in [-0.05, 0) is 18.4 Å². The molecule has 4 nitrogen and oxygen atoms in total. The number of rotatable bonds is 3. The quantitative estimate of drug-likeness (QED) is 0.869. The minimum atomic E-state index is -0.374. The third-order valence-electron chi connectivity index (χ3n) is 2.54. The van der Waals surface area contributed by atoms with E-state index in [4.69, 9.17) is 0 Å². The van der Waals surface area contributed by atoms with Crippen LogP contribution in [0.3, 0.4) is 0 Å². The third-order valence-corrected chi connectivity index (χ3v) is 2.54. The molecule has 92 valence electrons. The van der Waals surface area contributed by atoms with E-state index >= 15 is 0 Å². The predicted molar refractivity (Wildman–Crippen MR) is 71.7 cm³/mol. The van der Waals surface area contributed by atoms with Crippen molar-refractivity contribution < 1.29 is 9.59 Å². The average molecular weight is 242 g/mol. The fourth-order valence-electron chi connectivity index (χ4n) is 1.71. The maximum absolute atomic E-state index is 11.6. The molecule has 0 heterocycles. The number of nitrogens with one attached hydrogen (secondary N) is 2. The van der Waals surface area contributed by atoms with Gasteiger partial charge >= 0.3 is 6.03 Å². The molecule has 0 radical (unpaired) electrons. The zero-order valence-corrected chi connectivity index (χ0v) is 10.1. The Morgan fingerprint density at radius 1 is 1.06 bits per heavy atom. The fraction of sp³-hybridized carbons (Fsp3) is 0.143. The molecule has 0 atom stereocenters. The second-order valence-corrected chi connectivity index (χ2v) is 4.04. The second kappa shape index (κ2) is 5.31. The van der Waals surface area contributed by atoms with Crippen LogP contribution in [-0.4, -0.2) is 18.4 Å². The second-order valence-electron chi connectivity index (χ2n) is 4.04. The molecule has 2 aromatic rings. The summed E-state index contributed by atoms with van der Waals surface area (Å²) < 4.78 is 0. The van der Waals surface area contributed by atoms with Crippen molar-refractivity contribution in [2.24, 2.45) is 0 Å². The van der Waals surface area contributed by atoms with E-state index in [1.54, 1.807) is 0 Å². The molecule has 4 heteroatoms. The smallest absolute Gasteiger partial charge is 0.319 e. The van der Waals surface area contributed by atoms with Gasteiger partial charge in [0.1, 0.15) is 5.78 Å². The lowest BCUT2D eigenvalue weighted by Gasteiger charge is -2.09. The molecule has 0 aliphatic rings. The van der Waals surface area contributed by atoms with E-state index in [0.29, 0.717) is 0 Å². The van der Waals surface area contributed by atoms with Gasteiger partial charge in [0.2, 0.25) is 0 Å². The summed E-state index contributed by atoms with van der Waals surface area (Å²) in [6, 6.07) is 13.1. The normalized spacial score (nSPS) is 10.1. The lowest BCUT2D eigenvalue weighted by Crippen LogP contribution is -2.32. The number of hydrogen-bond donors (Lipinski definition) is 2. The number of fused-ring (bicyclic) bond motifs is 1. The van der Waals surface area contributed by atoms with Crippen LogP contribution in [0.1, 0.15) is 6.92 Å². The van der Waals surface area contributed by atoms with E-state index in [1.165, 1.54) is 6.92 Å². The standard InChI is InChI=1S/C14H14N2O2/c1-10(17)9-15-14(18)16-13-8-4-6-11-5-2-3-7-12(11)13/h2-8H,9H2,1H3,(H2,15,16,18). The summed E-state index contributed by atoms with van der Waals surface area (Å²) in [6.45, 7) is 1.47. The van der Waals surface area contributed by atoms with Crippen molar-refractivity contribution >= 4 is 28.3 Å². The Bertz CT molecular complexity index is 588. The summed E-state index contributed by atoms with van der Waals surface area (Å²) >= 11 is 0. The number of anilines is 1. The van der Waals surface area contributed by atoms with Crippen molar-refractivity contribution in [3.8, 4) is 0 Å². The molecule has 0 spiro atoms. The van der Waals surface area contributed by atoms with Crippen molar-refractivity contribution in [2.45, 2.75) is 6.92 Å². The van der Waals surface area contributed by atoms with Gasteiger partial charge in [-0.2, -0.15) is 0 Å². The summed E-state index contributed by atoms with van der Waals surface area (Å²) in [4.78, 5) is 22.4. The van der Waals surface area contributed by atoms with Crippen molar-refractivity contribution in [1.82, 2.24) is 5.32 Å². The Morgan fingerprint density at radius 2 is 1.78 bits per heavy atom. The molecule has 2 rings (SSSR count). The van der Waals surface area contributed by atoms with Crippen molar-refractivity contribution in [1.29, 1.82) is 0 Å². The number of benzene rings is 2. The van der Waals surface area contributed by atoms with Crippen LogP contribution < -0.4 is 10.6 Å². The SMILES string of the molecule is CC(=O)CNC(=O)Nc1cccc2ccccc12. The number of Topliss-reactive ketones (excluding diaryl/α,β-unsaturated/α-hetero) is 1. The first-order valence-electron chi connectivity index (χ1n) is 5.69. The number of ketones is 1. The summed E-state index contributed by atoms with van der Waals surface area (Å²) in [7, 11) is 0. The number of urea groups is 1. The minimum Gasteiger partial charge on any atom is -0.331 e. The molecule has 0 saturated heterocycles. The van der Waals surface area contributed by atoms with Gasteiger partial charge in [-0.1, -0.05) is 36.4 Å². The topological polar surface area (TPSA) is 58.2 Å². The molecular weight excluding hydrogens is 228 g/mol. The van der Waals surface area contributed by atoms with Crippen molar-refractivity contribution in [3.63, 3.8) is 0 Å². The van der Waals surface area contributed by atoms with Gasteiger partial charge in [0.25, 0.3) is 0 Å². The van der Waals surface area contributed by atoms with E-state index in [1.807, 2.05) is 42.5 Å². The fourth-order valence-corrected chi connectivity index (χ4v) is 1.71. The first-order chi connectivity index (χ1) is 8.66. The first kappa shape index (κ1) is 12.1. The maximum atomic E-state index is 11.6. The van der Waals surface area contributed by atoms with Gasteiger partial charge in [-0.3, -0.25) is 4.79 Å². The van der Waals surface area contributed by atoms with Gasteiger partial charge in [0, 0.05) is 5.39 Å². The van der Waals surface area contributed by atoms with Crippen LogP contribution in [0, 0.1) is 0 Å². The van der Waals surface area contributed by atoms with Crippen LogP contribution >= 0.6 is 0 Å². The predicted octanol–water partition coefficient (Wildman–Crippen LogP) is 2.55. The first-order valence-corrected chi connectivity index (χ1v) is 5.69. The highest BCUT2D eigenvalue weighted by Gasteiger charge is 2.05. The van der Waals surface area contributed by atoms with Crippen LogP contribution in [0.4, 0.5) is 10.5 Å². The molecule has 2 aromatic carbocycles. The molecule has 0 aliphatic carbocycles. The molecule has 0 fully saturated rings. The molecule has 0 unspecified atom stereocenters. The van der Waals surface area contributed by atoms with Gasteiger partial charge in [-0.15, -0.1) is 0 Å². The summed E-state index contributed by atoms with van der Waals surface area (Å²) in [5.41, 5.74) is 0.731. The van der Waals surface area contributed by atoms with E-state index in [9.17, 15) is 9.59 Å². The molecule has 0 aromatic heterocycles. The minimum absolute atomic E-state index is 0.0383. The largest absolute Gasteiger partial charge is 0.331 e. The zero-order valence-electron chi connectivity index (χ0n) is 10.1. The molecule has 0 bridgehead atoms. The lowest BCUT2D eigenvalue weighted by molar-refractivity contribution is -0.116. The summed E-state index contributed by atoms with van der Waals surface area (Å²) in [6.07, 6.45) is 0. The van der Waals surface area contributed by atoms with Crippen LogP contribution in [0.25, 0.3) is 10.8 Å². The van der Waals surface area contributed by atoms with Crippen LogP contribution in [0.2, 0.25) is 0 Å². The Hall–Kier alpha value is -2.36. The van der Waals surface area contributed by atoms with Crippen molar-refractivity contribution in [3.05, 3.63) is 42.5 Å². The Kier molecular flexibility index (Phi) is 3.57. The highest BCUT2D eigenvalue weighted by molar-refractivity contribution is 6.02. The molecule has 0 aliphatic heterocycles. The van der Waals surface area contributed by atoms with Gasteiger partial charge in [0.05, 0.1) is 12.2 Å². The third kappa shape index (κ3) is 2.85. The van der Waals surface area contributed by atoms with Gasteiger partial charge < -0.3 is 10.6 Å². The molecule has 18 heavy (non-hydrogen) atoms. The Labute approximate surface area is 105 Å². The van der Waals surface area contributed by atoms with Crippen molar-refractivity contribution in [2.75, 3.05) is 11.9 Å². The van der Waals surface area contributed by atoms with Crippen LogP contribution in [0.15, 0.2) is 42.5 Å². The maximum Gasteiger partial charge on any atom is 0.319 e. The van der Waals surface area contributed by atoms with E-state index < -0.39 is 0 Å². The number of amides is 2. The van der Waals surface area contributed by atoms with Gasteiger partial charge in [0.15, 0.2) is 0 Å². The molecular formula is C14H14N2O2. The van der Waals surface area contributed by atoms with Crippen LogP contribution in [-0.2, 0) is 4.79 Å². The number of hydrogen-bond acceptors (Lipinski definition) is 2. The Balaban J connectivity index is 2.16. The monoisotopic (exact) mass is 242 g/mol. The molecule has 0 saturated carbocycles. The molecule has 2 amide bonds. The van der Waals surface area contributed by atoms with E-state index in [2.05, 4.69) is 10.6 Å².